The molecule has 1 unspecified atom stereocenters. The molecular formula is C7H7NO3S. The average Bonchev–Trinajstić information content (AvgIpc) is 2.04. The molecular weight excluding hydrogens is 178 g/mol. The number of aliphatic imine (C=N–C) groups is 1. The molecule has 0 saturated heterocycles. The third-order valence-electron chi connectivity index (χ3n) is 1.00. The summed E-state index contributed by atoms with van der Waals surface area (Å²) in [4.78, 5) is 14.2. The summed E-state index contributed by atoms with van der Waals surface area (Å²) in [6, 6.07) is 0. The second-order valence-corrected chi connectivity index (χ2v) is 2.82. The van der Waals surface area contributed by atoms with Crippen molar-refractivity contribution >= 4 is 23.1 Å². The first-order valence-electron chi connectivity index (χ1n) is 3.31. The van der Waals surface area contributed by atoms with Crippen molar-refractivity contribution in [2.75, 3.05) is 6.61 Å². The summed E-state index contributed by atoms with van der Waals surface area (Å²) in [5, 5.41) is 0.275. The number of amides is 1. The highest BCUT2D eigenvalue weighted by molar-refractivity contribution is 8.14. The number of carbonyl (C=O) groups is 1. The summed E-state index contributed by atoms with van der Waals surface area (Å²) in [5.41, 5.74) is -0.614. The molecule has 0 spiro atoms. The summed E-state index contributed by atoms with van der Waals surface area (Å²) in [6.07, 6.45) is 4.37. The quantitative estimate of drug-likeness (QED) is 0.576. The predicted molar refractivity (Wildman–Crippen MR) is 45.8 cm³/mol. The molecule has 0 aromatic rings. The summed E-state index contributed by atoms with van der Waals surface area (Å²) in [7, 11) is 0. The molecule has 1 aliphatic heterocycles. The topological polar surface area (TPSA) is 47.9 Å². The molecule has 1 atom stereocenters. The smallest absolute Gasteiger partial charge is 0.439 e. The molecule has 5 heteroatoms. The lowest BCUT2D eigenvalue weighted by atomic mass is 10.7. The molecule has 64 valence electrons. The van der Waals surface area contributed by atoms with Gasteiger partial charge in [0.2, 0.25) is 5.44 Å². The van der Waals surface area contributed by atoms with E-state index in [4.69, 9.17) is 11.2 Å². The third-order valence-corrected chi connectivity index (χ3v) is 1.86. The lowest BCUT2D eigenvalue weighted by Gasteiger charge is -2.15. The van der Waals surface area contributed by atoms with Crippen LogP contribution in [0.25, 0.3) is 0 Å². The maximum atomic E-state index is 10.7. The molecule has 12 heavy (non-hydrogen) atoms. The van der Waals surface area contributed by atoms with Gasteiger partial charge in [0.15, 0.2) is 0 Å². The van der Waals surface area contributed by atoms with Gasteiger partial charge in [-0.25, -0.2) is 4.79 Å². The Morgan fingerprint density at radius 1 is 1.92 bits per heavy atom. The molecule has 0 radical (unpaired) electrons. The van der Waals surface area contributed by atoms with E-state index < -0.39 is 11.5 Å². The highest BCUT2D eigenvalue weighted by Crippen LogP contribution is 2.20. The number of carbonyl (C=O) groups excluding carboxylic acids is 1. The van der Waals surface area contributed by atoms with E-state index in [9.17, 15) is 4.79 Å². The SMILES string of the molecule is C#CC1OC(=O)N=C(OCC)S1. The number of hydrogen-bond acceptors (Lipinski definition) is 4. The van der Waals surface area contributed by atoms with Crippen LogP contribution in [0.15, 0.2) is 4.99 Å². The van der Waals surface area contributed by atoms with Crippen LogP contribution in [-0.4, -0.2) is 23.4 Å². The van der Waals surface area contributed by atoms with Crippen LogP contribution in [0.3, 0.4) is 0 Å². The van der Waals surface area contributed by atoms with Gasteiger partial charge in [0.1, 0.15) is 0 Å². The molecule has 1 rings (SSSR count). The minimum absolute atomic E-state index is 0.275. The van der Waals surface area contributed by atoms with Gasteiger partial charge in [0.25, 0.3) is 5.23 Å². The minimum atomic E-state index is -0.694. The van der Waals surface area contributed by atoms with Gasteiger partial charge in [-0.2, -0.15) is 0 Å². The molecule has 0 aromatic carbocycles. The molecule has 0 bridgehead atoms. The van der Waals surface area contributed by atoms with Crippen LogP contribution in [0.5, 0.6) is 0 Å². The summed E-state index contributed by atoms with van der Waals surface area (Å²) >= 11 is 1.11. The van der Waals surface area contributed by atoms with Crippen LogP contribution in [0.4, 0.5) is 4.79 Å². The Bertz CT molecular complexity index is 256. The Morgan fingerprint density at radius 2 is 2.67 bits per heavy atom. The number of ether oxygens (including phenoxy) is 2. The van der Waals surface area contributed by atoms with Crippen molar-refractivity contribution in [1.29, 1.82) is 0 Å². The molecule has 0 aliphatic carbocycles. The lowest BCUT2D eigenvalue weighted by molar-refractivity contribution is 0.160. The van der Waals surface area contributed by atoms with Crippen LogP contribution in [0.2, 0.25) is 0 Å². The van der Waals surface area contributed by atoms with Gasteiger partial charge in [0, 0.05) is 0 Å². The number of cyclic esters (lactones) is 1. The highest BCUT2D eigenvalue weighted by atomic mass is 32.2. The molecule has 0 fully saturated rings. The summed E-state index contributed by atoms with van der Waals surface area (Å²) < 4.78 is 9.63. The van der Waals surface area contributed by atoms with Gasteiger partial charge in [-0.15, -0.1) is 11.4 Å². The standard InChI is InChI=1S/C7H7NO3S/c1-3-5-11-6(9)8-7(12-5)10-4-2/h1,5H,4H2,2H3. The Morgan fingerprint density at radius 3 is 3.25 bits per heavy atom. The van der Waals surface area contributed by atoms with Gasteiger partial charge in [-0.1, -0.05) is 5.92 Å². The van der Waals surface area contributed by atoms with Crippen LogP contribution in [0, 0.1) is 12.3 Å². The van der Waals surface area contributed by atoms with Crippen LogP contribution in [-0.2, 0) is 9.47 Å². The van der Waals surface area contributed by atoms with Crippen molar-refractivity contribution in [3.8, 4) is 12.3 Å². The van der Waals surface area contributed by atoms with E-state index in [1.165, 1.54) is 0 Å². The van der Waals surface area contributed by atoms with Crippen LogP contribution in [0.1, 0.15) is 6.92 Å². The largest absolute Gasteiger partial charge is 0.473 e. The van der Waals surface area contributed by atoms with E-state index in [0.717, 1.165) is 11.8 Å². The number of rotatable bonds is 1. The Labute approximate surface area is 74.3 Å². The molecule has 0 N–H and O–H groups in total. The molecule has 0 saturated carbocycles. The fraction of sp³-hybridized carbons (Fsp3) is 0.429. The van der Waals surface area contributed by atoms with E-state index in [1.807, 2.05) is 0 Å². The normalized spacial score (nSPS) is 22.2. The number of thioether (sulfide) groups is 1. The Kier molecular flexibility index (Phi) is 3.00. The maximum Gasteiger partial charge on any atom is 0.439 e. The molecule has 1 aliphatic rings. The first kappa shape index (κ1) is 8.94. The minimum Gasteiger partial charge on any atom is -0.473 e. The van der Waals surface area contributed by atoms with Crippen molar-refractivity contribution in [3.05, 3.63) is 0 Å². The first-order chi connectivity index (χ1) is 5.76. The third kappa shape index (κ3) is 2.17. The lowest BCUT2D eigenvalue weighted by Crippen LogP contribution is -2.20. The Balaban J connectivity index is 2.64. The van der Waals surface area contributed by atoms with Crippen LogP contribution < -0.4 is 0 Å². The van der Waals surface area contributed by atoms with Crippen molar-refractivity contribution in [3.63, 3.8) is 0 Å². The number of nitrogens with zero attached hydrogens (tertiary/aromatic N) is 1. The van der Waals surface area contributed by atoms with Gasteiger partial charge >= 0.3 is 6.09 Å². The second kappa shape index (κ2) is 4.02. The first-order valence-corrected chi connectivity index (χ1v) is 4.19. The van der Waals surface area contributed by atoms with Crippen molar-refractivity contribution < 1.29 is 14.3 Å². The zero-order chi connectivity index (χ0) is 8.97. The average molecular weight is 185 g/mol. The molecule has 4 nitrogen and oxygen atoms in total. The van der Waals surface area contributed by atoms with Gasteiger partial charge in [-0.3, -0.25) is 0 Å². The zero-order valence-corrected chi connectivity index (χ0v) is 7.26. The van der Waals surface area contributed by atoms with E-state index in [0.29, 0.717) is 6.61 Å². The summed E-state index contributed by atoms with van der Waals surface area (Å²) in [6.45, 7) is 2.25. The summed E-state index contributed by atoms with van der Waals surface area (Å²) in [5.74, 6) is 2.28. The second-order valence-electron chi connectivity index (χ2n) is 1.81. The zero-order valence-electron chi connectivity index (χ0n) is 6.44. The number of terminal acetylenes is 1. The molecule has 1 heterocycles. The number of hydrogen-bond donors (Lipinski definition) is 0. The fourth-order valence-electron chi connectivity index (χ4n) is 0.592. The van der Waals surface area contributed by atoms with Gasteiger partial charge in [0.05, 0.1) is 6.61 Å². The van der Waals surface area contributed by atoms with Crippen molar-refractivity contribution in [2.24, 2.45) is 4.99 Å². The van der Waals surface area contributed by atoms with Crippen molar-refractivity contribution in [1.82, 2.24) is 0 Å². The van der Waals surface area contributed by atoms with Crippen molar-refractivity contribution in [2.45, 2.75) is 12.4 Å². The van der Waals surface area contributed by atoms with Crippen LogP contribution >= 0.6 is 11.8 Å². The van der Waals surface area contributed by atoms with E-state index >= 15 is 0 Å². The van der Waals surface area contributed by atoms with Gasteiger partial charge < -0.3 is 9.47 Å². The Hall–Kier alpha value is -1.15. The van der Waals surface area contributed by atoms with E-state index in [-0.39, 0.29) is 5.23 Å². The van der Waals surface area contributed by atoms with E-state index in [2.05, 4.69) is 15.6 Å². The molecule has 1 amide bonds. The maximum absolute atomic E-state index is 10.7. The monoisotopic (exact) mass is 185 g/mol. The predicted octanol–water partition coefficient (Wildman–Crippen LogP) is 1.22. The fourth-order valence-corrected chi connectivity index (χ4v) is 1.29. The highest BCUT2D eigenvalue weighted by Gasteiger charge is 2.22. The van der Waals surface area contributed by atoms with Gasteiger partial charge in [-0.05, 0) is 18.7 Å². The van der Waals surface area contributed by atoms with E-state index in [1.54, 1.807) is 6.92 Å². The molecule has 0 aromatic heterocycles.